The van der Waals surface area contributed by atoms with E-state index in [2.05, 4.69) is 5.32 Å². The van der Waals surface area contributed by atoms with Crippen LogP contribution in [0.2, 0.25) is 0 Å². The van der Waals surface area contributed by atoms with E-state index in [9.17, 15) is 13.2 Å². The van der Waals surface area contributed by atoms with Crippen LogP contribution in [0.5, 0.6) is 0 Å². The second kappa shape index (κ2) is 5.90. The van der Waals surface area contributed by atoms with E-state index >= 15 is 0 Å². The molecule has 0 heterocycles. The molecular weight excluding hydrogens is 286 g/mol. The van der Waals surface area contributed by atoms with Gasteiger partial charge < -0.3 is 5.32 Å². The number of nitrogens with one attached hydrogen (secondary N) is 1. The number of carbonyl (C=O) groups excluding carboxylic acids is 1. The third-order valence-electron chi connectivity index (χ3n) is 5.98. The summed E-state index contributed by atoms with van der Waals surface area (Å²) in [5, 5.41) is 2.95. The molecule has 0 aromatic heterocycles. The van der Waals surface area contributed by atoms with Crippen molar-refractivity contribution in [3.05, 3.63) is 0 Å². The smallest absolute Gasteiger partial charge is 0.220 e. The Bertz CT molecular complexity index is 494. The van der Waals surface area contributed by atoms with E-state index in [4.69, 9.17) is 0 Å². The van der Waals surface area contributed by atoms with E-state index in [1.165, 1.54) is 31.9 Å². The van der Waals surface area contributed by atoms with Crippen LogP contribution >= 0.6 is 0 Å². The second-order valence-corrected chi connectivity index (χ2v) is 9.84. The average molecular weight is 313 g/mol. The van der Waals surface area contributed by atoms with Gasteiger partial charge in [-0.1, -0.05) is 6.42 Å². The number of hydrogen-bond acceptors (Lipinski definition) is 3. The number of hydrogen-bond donors (Lipinski definition) is 1. The van der Waals surface area contributed by atoms with Crippen molar-refractivity contribution in [1.82, 2.24) is 5.32 Å². The highest BCUT2D eigenvalue weighted by molar-refractivity contribution is 7.91. The summed E-state index contributed by atoms with van der Waals surface area (Å²) in [4.78, 5) is 12.2. The molecule has 0 aromatic rings. The maximum atomic E-state index is 12.2. The van der Waals surface area contributed by atoms with Gasteiger partial charge in [-0.05, 0) is 62.7 Å². The van der Waals surface area contributed by atoms with Crippen molar-refractivity contribution in [3.63, 3.8) is 0 Å². The van der Waals surface area contributed by atoms with Crippen LogP contribution in [0, 0.1) is 17.8 Å². The normalized spacial score (nSPS) is 39.4. The summed E-state index contributed by atoms with van der Waals surface area (Å²) in [6.07, 6.45) is 10.3. The number of sulfone groups is 1. The molecule has 1 amide bonds. The molecule has 0 spiro atoms. The van der Waals surface area contributed by atoms with E-state index in [1.807, 2.05) is 0 Å². The highest BCUT2D eigenvalue weighted by Gasteiger charge is 2.40. The molecule has 1 N–H and O–H groups in total. The van der Waals surface area contributed by atoms with Crippen LogP contribution in [0.3, 0.4) is 0 Å². The summed E-state index contributed by atoms with van der Waals surface area (Å²) in [6.45, 7) is 0. The van der Waals surface area contributed by atoms with Crippen LogP contribution in [0.15, 0.2) is 0 Å². The summed E-state index contributed by atoms with van der Waals surface area (Å²) in [7, 11) is -2.91. The Hall–Kier alpha value is -0.580. The quantitative estimate of drug-likeness (QED) is 0.866. The fraction of sp³-hybridized carbons (Fsp3) is 0.938. The van der Waals surface area contributed by atoms with Crippen LogP contribution in [0.4, 0.5) is 0 Å². The van der Waals surface area contributed by atoms with Gasteiger partial charge in [0.25, 0.3) is 0 Å². The predicted molar refractivity (Wildman–Crippen MR) is 82.6 cm³/mol. The fourth-order valence-corrected chi connectivity index (χ4v) is 5.91. The Balaban J connectivity index is 1.42. The maximum absolute atomic E-state index is 12.2. The molecule has 3 rings (SSSR count). The number of carbonyl (C=O) groups is 1. The van der Waals surface area contributed by atoms with Gasteiger partial charge in [-0.15, -0.1) is 0 Å². The molecular formula is C16H27NO3S. The molecule has 120 valence electrons. The Morgan fingerprint density at radius 1 is 1.05 bits per heavy atom. The summed E-state index contributed by atoms with van der Waals surface area (Å²) < 4.78 is 23.1. The highest BCUT2D eigenvalue weighted by Crippen LogP contribution is 2.49. The summed E-state index contributed by atoms with van der Waals surface area (Å²) >= 11 is 0. The number of rotatable bonds is 4. The van der Waals surface area contributed by atoms with E-state index in [0.29, 0.717) is 25.2 Å². The van der Waals surface area contributed by atoms with Crippen molar-refractivity contribution in [1.29, 1.82) is 0 Å². The number of amides is 1. The van der Waals surface area contributed by atoms with Crippen LogP contribution in [0.25, 0.3) is 0 Å². The van der Waals surface area contributed by atoms with Gasteiger partial charge >= 0.3 is 0 Å². The lowest BCUT2D eigenvalue weighted by Crippen LogP contribution is -2.40. The van der Waals surface area contributed by atoms with Crippen molar-refractivity contribution in [2.75, 3.05) is 6.26 Å². The monoisotopic (exact) mass is 313 g/mol. The Labute approximate surface area is 128 Å². The highest BCUT2D eigenvalue weighted by atomic mass is 32.2. The molecule has 3 unspecified atom stereocenters. The fourth-order valence-electron chi connectivity index (χ4n) is 4.79. The molecule has 5 heteroatoms. The molecule has 0 saturated heterocycles. The lowest BCUT2D eigenvalue weighted by Gasteiger charge is -2.29. The largest absolute Gasteiger partial charge is 0.353 e. The molecule has 2 bridgehead atoms. The topological polar surface area (TPSA) is 63.2 Å². The lowest BCUT2D eigenvalue weighted by molar-refractivity contribution is -0.123. The van der Waals surface area contributed by atoms with Crippen LogP contribution in [-0.2, 0) is 14.6 Å². The Morgan fingerprint density at radius 3 is 2.29 bits per heavy atom. The second-order valence-electron chi connectivity index (χ2n) is 7.51. The molecule has 0 radical (unpaired) electrons. The van der Waals surface area contributed by atoms with Crippen LogP contribution < -0.4 is 5.32 Å². The molecule has 0 aromatic carbocycles. The van der Waals surface area contributed by atoms with Crippen molar-refractivity contribution in [2.24, 2.45) is 17.8 Å². The molecule has 4 nitrogen and oxygen atoms in total. The first kappa shape index (κ1) is 15.3. The summed E-state index contributed by atoms with van der Waals surface area (Å²) in [5.74, 6) is 2.48. The van der Waals surface area contributed by atoms with Crippen molar-refractivity contribution >= 4 is 15.7 Å². The number of fused-ring (bicyclic) bond motifs is 2. The van der Waals surface area contributed by atoms with E-state index < -0.39 is 9.84 Å². The lowest BCUT2D eigenvalue weighted by atomic mass is 9.86. The van der Waals surface area contributed by atoms with Gasteiger partial charge in [-0.3, -0.25) is 4.79 Å². The first-order valence-corrected chi connectivity index (χ1v) is 10.4. The van der Waals surface area contributed by atoms with Gasteiger partial charge in [0.05, 0.1) is 5.25 Å². The van der Waals surface area contributed by atoms with E-state index in [1.54, 1.807) is 0 Å². The van der Waals surface area contributed by atoms with Gasteiger partial charge in [0.1, 0.15) is 9.84 Å². The minimum absolute atomic E-state index is 0.189. The molecule has 3 aliphatic rings. The van der Waals surface area contributed by atoms with Gasteiger partial charge in [0, 0.05) is 18.7 Å². The van der Waals surface area contributed by atoms with Crippen LogP contribution in [0.1, 0.15) is 57.8 Å². The first-order valence-electron chi connectivity index (χ1n) is 8.40. The van der Waals surface area contributed by atoms with E-state index in [0.717, 1.165) is 24.7 Å². The average Bonchev–Trinajstić information content (AvgIpc) is 3.00. The predicted octanol–water partition coefficient (Wildman–Crippen LogP) is 2.28. The zero-order valence-electron chi connectivity index (χ0n) is 12.9. The SMILES string of the molecule is CS(=O)(=O)C1CCC(NC(=O)CC2CC3CCC2C3)CC1. The molecule has 0 aliphatic heterocycles. The molecule has 3 atom stereocenters. The van der Waals surface area contributed by atoms with Crippen molar-refractivity contribution in [3.8, 4) is 0 Å². The van der Waals surface area contributed by atoms with Gasteiger partial charge in [0.15, 0.2) is 0 Å². The third-order valence-corrected chi connectivity index (χ3v) is 7.66. The Morgan fingerprint density at radius 2 is 1.76 bits per heavy atom. The van der Waals surface area contributed by atoms with Gasteiger partial charge in [-0.25, -0.2) is 8.42 Å². The van der Waals surface area contributed by atoms with Gasteiger partial charge in [-0.2, -0.15) is 0 Å². The Kier molecular flexibility index (Phi) is 4.30. The van der Waals surface area contributed by atoms with Crippen molar-refractivity contribution in [2.45, 2.75) is 69.1 Å². The third kappa shape index (κ3) is 3.61. The first-order chi connectivity index (χ1) is 9.91. The summed E-state index contributed by atoms with van der Waals surface area (Å²) in [5.41, 5.74) is 0. The van der Waals surface area contributed by atoms with Gasteiger partial charge in [0.2, 0.25) is 5.91 Å². The minimum Gasteiger partial charge on any atom is -0.353 e. The molecule has 3 saturated carbocycles. The standard InChI is InChI=1S/C16H27NO3S/c1-21(19,20)15-6-4-14(5-7-15)17-16(18)10-13-9-11-2-3-12(13)8-11/h11-15H,2-10H2,1H3,(H,17,18). The summed E-state index contributed by atoms with van der Waals surface area (Å²) in [6, 6.07) is 0.189. The van der Waals surface area contributed by atoms with Crippen LogP contribution in [-0.4, -0.2) is 31.9 Å². The zero-order valence-corrected chi connectivity index (χ0v) is 13.7. The maximum Gasteiger partial charge on any atom is 0.220 e. The molecule has 3 aliphatic carbocycles. The van der Waals surface area contributed by atoms with Crippen molar-refractivity contribution < 1.29 is 13.2 Å². The molecule has 21 heavy (non-hydrogen) atoms. The van der Waals surface area contributed by atoms with E-state index in [-0.39, 0.29) is 17.2 Å². The minimum atomic E-state index is -2.91. The molecule has 3 fully saturated rings. The zero-order chi connectivity index (χ0) is 15.0.